The molecule has 0 atom stereocenters. The quantitative estimate of drug-likeness (QED) is 0.214. The number of anilines is 3. The van der Waals surface area contributed by atoms with Crippen molar-refractivity contribution in [2.45, 2.75) is 65.8 Å². The number of imide groups is 1. The van der Waals surface area contributed by atoms with E-state index in [-0.39, 0.29) is 36.2 Å². The average Bonchev–Trinajstić information content (AvgIpc) is 3.80. The summed E-state index contributed by atoms with van der Waals surface area (Å²) in [5.74, 6) is 5.58. The molecule has 17 heteroatoms. The number of hydrogen-bond acceptors (Lipinski definition) is 9. The zero-order valence-corrected chi connectivity index (χ0v) is 35.9. The first-order valence-corrected chi connectivity index (χ1v) is 20.5. The van der Waals surface area contributed by atoms with Gasteiger partial charge in [0, 0.05) is 102 Å². The molecule has 3 aliphatic heterocycles. The van der Waals surface area contributed by atoms with E-state index in [1.165, 1.54) is 42.1 Å². The van der Waals surface area contributed by atoms with Crippen LogP contribution in [0.1, 0.15) is 78.5 Å². The molecule has 0 spiro atoms. The Kier molecular flexibility index (Phi) is 12.2. The first-order valence-electron chi connectivity index (χ1n) is 20.5. The summed E-state index contributed by atoms with van der Waals surface area (Å²) in [5, 5.41) is 2.69. The molecule has 326 valence electrons. The number of aromatic nitrogens is 3. The molecule has 0 radical (unpaired) electrons. The fourth-order valence-corrected chi connectivity index (χ4v) is 7.83. The molecular formula is C45H50F3N9O5. The Morgan fingerprint density at radius 2 is 1.63 bits per heavy atom. The molecule has 4 aromatic rings. The second-order valence-corrected chi connectivity index (χ2v) is 16.7. The van der Waals surface area contributed by atoms with Crippen molar-refractivity contribution in [2.24, 2.45) is 7.05 Å². The van der Waals surface area contributed by atoms with Crippen molar-refractivity contribution in [3.8, 4) is 23.2 Å². The Bertz CT molecular complexity index is 2490. The predicted molar refractivity (Wildman–Crippen MR) is 228 cm³/mol. The lowest BCUT2D eigenvalue weighted by Crippen LogP contribution is -2.45. The summed E-state index contributed by atoms with van der Waals surface area (Å²) in [4.78, 5) is 69.8. The standard InChI is InChI=1S/C45H50F3N9O5/c1-8-54-19-21-55(22-20-54)27-32-13-14-33(24-35(32)45(46,47)48)50-42(60)56-17-15-30-11-9-29(23-37(30)56)10-12-31-26-49-41(52(6)28(2)58)51-39(31)38-25-34-36(53(38)7)16-18-57(40(34)59)43(61)62-44(3,4)5/h9,11,13-14,23-26H,8,15-22,27H2,1-7H3,(H,50,60). The molecule has 1 N–H and O–H groups in total. The van der Waals surface area contributed by atoms with E-state index in [0.717, 1.165) is 36.2 Å². The van der Waals surface area contributed by atoms with Gasteiger partial charge in [-0.1, -0.05) is 30.9 Å². The molecule has 5 amide bonds. The number of piperazine rings is 1. The van der Waals surface area contributed by atoms with Crippen LogP contribution in [0.3, 0.4) is 0 Å². The summed E-state index contributed by atoms with van der Waals surface area (Å²) >= 11 is 0. The third kappa shape index (κ3) is 9.31. The normalized spacial score (nSPS) is 15.7. The van der Waals surface area contributed by atoms with Crippen LogP contribution in [0.15, 0.2) is 48.7 Å². The van der Waals surface area contributed by atoms with E-state index in [4.69, 9.17) is 9.72 Å². The number of urea groups is 1. The highest BCUT2D eigenvalue weighted by Crippen LogP contribution is 2.36. The van der Waals surface area contributed by atoms with Gasteiger partial charge in [0.1, 0.15) is 11.3 Å². The highest BCUT2D eigenvalue weighted by atomic mass is 19.4. The molecule has 7 rings (SSSR count). The van der Waals surface area contributed by atoms with E-state index in [9.17, 15) is 32.3 Å². The molecule has 62 heavy (non-hydrogen) atoms. The van der Waals surface area contributed by atoms with Gasteiger partial charge in [0.25, 0.3) is 5.91 Å². The van der Waals surface area contributed by atoms with Gasteiger partial charge in [-0.2, -0.15) is 13.2 Å². The number of carbonyl (C=O) groups is 4. The number of hydrogen-bond donors (Lipinski definition) is 1. The maximum Gasteiger partial charge on any atom is 0.417 e. The van der Waals surface area contributed by atoms with Gasteiger partial charge in [0.05, 0.1) is 22.4 Å². The highest BCUT2D eigenvalue weighted by molar-refractivity contribution is 6.06. The van der Waals surface area contributed by atoms with Crippen molar-refractivity contribution in [2.75, 3.05) is 68.0 Å². The van der Waals surface area contributed by atoms with Crippen molar-refractivity contribution < 1.29 is 37.1 Å². The number of ether oxygens (including phenoxy) is 1. The first kappa shape index (κ1) is 43.8. The number of benzene rings is 2. The number of fused-ring (bicyclic) bond motifs is 2. The molecule has 1 saturated heterocycles. The van der Waals surface area contributed by atoms with Crippen LogP contribution in [0, 0.1) is 11.8 Å². The van der Waals surface area contributed by atoms with Crippen LogP contribution in [0.25, 0.3) is 11.4 Å². The minimum atomic E-state index is -4.61. The lowest BCUT2D eigenvalue weighted by Gasteiger charge is -2.34. The lowest BCUT2D eigenvalue weighted by molar-refractivity contribution is -0.138. The molecule has 0 saturated carbocycles. The molecule has 5 heterocycles. The van der Waals surface area contributed by atoms with Crippen LogP contribution in [0.4, 0.5) is 40.1 Å². The molecule has 2 aromatic heterocycles. The van der Waals surface area contributed by atoms with Gasteiger partial charge in [-0.25, -0.2) is 24.5 Å². The van der Waals surface area contributed by atoms with Crippen LogP contribution >= 0.6 is 0 Å². The van der Waals surface area contributed by atoms with Gasteiger partial charge in [-0.15, -0.1) is 0 Å². The second-order valence-electron chi connectivity index (χ2n) is 16.7. The van der Waals surface area contributed by atoms with Crippen molar-refractivity contribution in [1.82, 2.24) is 29.2 Å². The van der Waals surface area contributed by atoms with Gasteiger partial charge >= 0.3 is 18.3 Å². The SMILES string of the molecule is CCN1CCN(Cc2ccc(NC(=O)N3CCc4ccc(C#Cc5cnc(N(C)C(C)=O)nc5-c5cc6c(n5C)CCN(C(=O)OC(C)(C)C)C6=O)cc43)cc2C(F)(F)F)CC1. The van der Waals surface area contributed by atoms with E-state index in [1.54, 1.807) is 40.0 Å². The first-order chi connectivity index (χ1) is 29.3. The van der Waals surface area contributed by atoms with E-state index in [2.05, 4.69) is 34.0 Å². The van der Waals surface area contributed by atoms with Gasteiger partial charge in [0.2, 0.25) is 11.9 Å². The Labute approximate surface area is 358 Å². The number of nitrogens with one attached hydrogen (secondary N) is 1. The molecule has 2 aromatic carbocycles. The average molecular weight is 854 g/mol. The smallest absolute Gasteiger partial charge is 0.417 e. The minimum absolute atomic E-state index is 0.0410. The summed E-state index contributed by atoms with van der Waals surface area (Å²) in [7, 11) is 3.32. The number of likely N-dealkylation sites (N-methyl/N-ethyl adjacent to an activating group) is 1. The summed E-state index contributed by atoms with van der Waals surface area (Å²) in [6.45, 7) is 13.1. The zero-order valence-electron chi connectivity index (χ0n) is 35.9. The Morgan fingerprint density at radius 1 is 0.919 bits per heavy atom. The van der Waals surface area contributed by atoms with Crippen LogP contribution in [0.5, 0.6) is 0 Å². The number of amides is 5. The Hall–Kier alpha value is -6.25. The lowest BCUT2D eigenvalue weighted by atomic mass is 10.0. The van der Waals surface area contributed by atoms with Crippen molar-refractivity contribution >= 4 is 41.3 Å². The van der Waals surface area contributed by atoms with E-state index >= 15 is 0 Å². The molecule has 0 bridgehead atoms. The maximum atomic E-state index is 14.3. The largest absolute Gasteiger partial charge is 0.443 e. The van der Waals surface area contributed by atoms with Crippen LogP contribution in [-0.2, 0) is 42.1 Å². The Morgan fingerprint density at radius 3 is 2.31 bits per heavy atom. The van der Waals surface area contributed by atoms with Gasteiger partial charge in [-0.05, 0) is 75.2 Å². The van der Waals surface area contributed by atoms with E-state index in [0.29, 0.717) is 71.9 Å². The van der Waals surface area contributed by atoms with Crippen LogP contribution in [-0.4, -0.2) is 112 Å². The Balaban J connectivity index is 1.14. The predicted octanol–water partition coefficient (Wildman–Crippen LogP) is 6.55. The number of nitrogens with zero attached hydrogens (tertiary/aromatic N) is 8. The topological polar surface area (TPSA) is 136 Å². The summed E-state index contributed by atoms with van der Waals surface area (Å²) in [6, 6.07) is 10.5. The van der Waals surface area contributed by atoms with Crippen LogP contribution in [0.2, 0.25) is 0 Å². The van der Waals surface area contributed by atoms with E-state index in [1.807, 2.05) is 21.6 Å². The fraction of sp³-hybridized carbons (Fsp3) is 0.422. The van der Waals surface area contributed by atoms with Crippen LogP contribution < -0.4 is 15.1 Å². The number of halogens is 3. The third-order valence-electron chi connectivity index (χ3n) is 11.4. The molecular weight excluding hydrogens is 804 g/mol. The maximum absolute atomic E-state index is 14.3. The second kappa shape index (κ2) is 17.3. The van der Waals surface area contributed by atoms with Gasteiger partial charge in [0.15, 0.2) is 0 Å². The van der Waals surface area contributed by atoms with Gasteiger partial charge < -0.3 is 19.5 Å². The highest BCUT2D eigenvalue weighted by Gasteiger charge is 2.37. The molecule has 3 aliphatic rings. The monoisotopic (exact) mass is 853 g/mol. The molecule has 14 nitrogen and oxygen atoms in total. The van der Waals surface area contributed by atoms with Gasteiger partial charge in [-0.3, -0.25) is 24.3 Å². The minimum Gasteiger partial charge on any atom is -0.443 e. The van der Waals surface area contributed by atoms with Crippen molar-refractivity contribution in [3.05, 3.63) is 87.7 Å². The summed E-state index contributed by atoms with van der Waals surface area (Å²) < 4.78 is 50.3. The molecule has 1 fully saturated rings. The summed E-state index contributed by atoms with van der Waals surface area (Å²) in [6.07, 6.45) is -2.94. The number of alkyl halides is 3. The third-order valence-corrected chi connectivity index (χ3v) is 11.4. The van der Waals surface area contributed by atoms with Crippen molar-refractivity contribution in [1.29, 1.82) is 0 Å². The van der Waals surface area contributed by atoms with Crippen molar-refractivity contribution in [3.63, 3.8) is 0 Å². The number of rotatable bonds is 6. The van der Waals surface area contributed by atoms with E-state index < -0.39 is 35.4 Å². The number of carbonyl (C=O) groups excluding carboxylic acids is 4. The fourth-order valence-electron chi connectivity index (χ4n) is 7.83. The zero-order chi connectivity index (χ0) is 44.7. The summed E-state index contributed by atoms with van der Waals surface area (Å²) in [5.41, 5.74) is 2.84. The molecule has 0 unspecified atom stereocenters. The molecule has 0 aliphatic carbocycles.